The molecule has 0 aliphatic carbocycles. The molecular formula is C22H22N2O5. The molecule has 3 N–H and O–H groups in total. The molecule has 0 aliphatic heterocycles. The Hall–Kier alpha value is -3.61. The first kappa shape index (κ1) is 20.1. The molecule has 2 amide bonds. The van der Waals surface area contributed by atoms with Crippen LogP contribution in [0, 0.1) is 0 Å². The summed E-state index contributed by atoms with van der Waals surface area (Å²) in [5.74, 6) is -0.418. The molecule has 7 nitrogen and oxygen atoms in total. The SMILES string of the molecule is COc1ccc2c(C[C@@H](NC(=O)CCc3ccccc3)C(N)=O)cc(=O)oc2c1. The summed E-state index contributed by atoms with van der Waals surface area (Å²) in [6.07, 6.45) is 0.860. The van der Waals surface area contributed by atoms with E-state index in [1.807, 2.05) is 30.3 Å². The number of ether oxygens (including phenoxy) is 1. The van der Waals surface area contributed by atoms with Gasteiger partial charge in [-0.2, -0.15) is 0 Å². The maximum absolute atomic E-state index is 12.3. The highest BCUT2D eigenvalue weighted by molar-refractivity contribution is 5.88. The second-order valence-corrected chi connectivity index (χ2v) is 6.66. The molecule has 0 unspecified atom stereocenters. The van der Waals surface area contributed by atoms with Crippen molar-refractivity contribution < 1.29 is 18.7 Å². The molecule has 7 heteroatoms. The van der Waals surface area contributed by atoms with Crippen molar-refractivity contribution >= 4 is 22.8 Å². The van der Waals surface area contributed by atoms with Crippen molar-refractivity contribution in [1.82, 2.24) is 5.32 Å². The van der Waals surface area contributed by atoms with E-state index in [0.29, 0.717) is 28.7 Å². The molecule has 3 aromatic rings. The number of benzene rings is 2. The number of fused-ring (bicyclic) bond motifs is 1. The van der Waals surface area contributed by atoms with Crippen LogP contribution in [-0.2, 0) is 22.4 Å². The van der Waals surface area contributed by atoms with E-state index in [0.717, 1.165) is 5.56 Å². The van der Waals surface area contributed by atoms with E-state index < -0.39 is 17.6 Å². The van der Waals surface area contributed by atoms with Gasteiger partial charge in [-0.1, -0.05) is 30.3 Å². The highest BCUT2D eigenvalue weighted by atomic mass is 16.5. The van der Waals surface area contributed by atoms with Gasteiger partial charge in [0.2, 0.25) is 11.8 Å². The van der Waals surface area contributed by atoms with Crippen molar-refractivity contribution in [3.05, 3.63) is 76.1 Å². The van der Waals surface area contributed by atoms with Gasteiger partial charge in [0.05, 0.1) is 7.11 Å². The summed E-state index contributed by atoms with van der Waals surface area (Å²) in [6.45, 7) is 0. The van der Waals surface area contributed by atoms with Crippen LogP contribution < -0.4 is 21.4 Å². The van der Waals surface area contributed by atoms with Crippen LogP contribution in [0.25, 0.3) is 11.0 Å². The number of nitrogens with two attached hydrogens (primary N) is 1. The minimum atomic E-state index is -0.939. The monoisotopic (exact) mass is 394 g/mol. The summed E-state index contributed by atoms with van der Waals surface area (Å²) in [5, 5.41) is 3.32. The number of aryl methyl sites for hydroxylation is 1. The summed E-state index contributed by atoms with van der Waals surface area (Å²) in [7, 11) is 1.51. The molecule has 1 atom stereocenters. The quantitative estimate of drug-likeness (QED) is 0.567. The Labute approximate surface area is 167 Å². The molecular weight excluding hydrogens is 372 g/mol. The molecule has 150 valence electrons. The number of rotatable bonds is 8. The van der Waals surface area contributed by atoms with Gasteiger partial charge in [0.1, 0.15) is 17.4 Å². The van der Waals surface area contributed by atoms with E-state index in [-0.39, 0.29) is 18.7 Å². The average molecular weight is 394 g/mol. The standard InChI is InChI=1S/C22H22N2O5/c1-28-16-8-9-17-15(12-21(26)29-19(17)13-16)11-18(22(23)27)24-20(25)10-7-14-5-3-2-4-6-14/h2-6,8-9,12-13,18H,7,10-11H2,1H3,(H2,23,27)(H,24,25)/t18-/m1/s1. The number of hydrogen-bond donors (Lipinski definition) is 2. The minimum absolute atomic E-state index is 0.0842. The summed E-state index contributed by atoms with van der Waals surface area (Å²) in [6, 6.07) is 15.0. The van der Waals surface area contributed by atoms with E-state index >= 15 is 0 Å². The number of carbonyl (C=O) groups is 2. The predicted octanol–water partition coefficient (Wildman–Crippen LogP) is 1.95. The van der Waals surface area contributed by atoms with Gasteiger partial charge in [-0.15, -0.1) is 0 Å². The first-order chi connectivity index (χ1) is 14.0. The van der Waals surface area contributed by atoms with Gasteiger partial charge in [-0.25, -0.2) is 4.79 Å². The maximum atomic E-state index is 12.3. The average Bonchev–Trinajstić information content (AvgIpc) is 2.71. The molecule has 1 aromatic heterocycles. The maximum Gasteiger partial charge on any atom is 0.336 e. The fraction of sp³-hybridized carbons (Fsp3) is 0.227. The van der Waals surface area contributed by atoms with E-state index in [1.54, 1.807) is 18.2 Å². The molecule has 1 heterocycles. The second-order valence-electron chi connectivity index (χ2n) is 6.66. The fourth-order valence-electron chi connectivity index (χ4n) is 3.12. The lowest BCUT2D eigenvalue weighted by Gasteiger charge is -2.16. The fourth-order valence-corrected chi connectivity index (χ4v) is 3.12. The summed E-state index contributed by atoms with van der Waals surface area (Å²) in [5.41, 5.74) is 6.86. The van der Waals surface area contributed by atoms with E-state index in [1.165, 1.54) is 13.2 Å². The number of carbonyl (C=O) groups excluding carboxylic acids is 2. The number of amides is 2. The van der Waals surface area contributed by atoms with Gasteiger partial charge in [-0.05, 0) is 29.7 Å². The molecule has 0 fully saturated rings. The largest absolute Gasteiger partial charge is 0.497 e. The van der Waals surface area contributed by atoms with Crippen LogP contribution in [0.2, 0.25) is 0 Å². The van der Waals surface area contributed by atoms with Crippen LogP contribution in [0.3, 0.4) is 0 Å². The highest BCUT2D eigenvalue weighted by Gasteiger charge is 2.20. The van der Waals surface area contributed by atoms with Gasteiger partial charge < -0.3 is 20.2 Å². The van der Waals surface area contributed by atoms with Crippen LogP contribution in [0.1, 0.15) is 17.5 Å². The van der Waals surface area contributed by atoms with Gasteiger partial charge in [0, 0.05) is 30.4 Å². The summed E-state index contributed by atoms with van der Waals surface area (Å²) in [4.78, 5) is 36.2. The minimum Gasteiger partial charge on any atom is -0.497 e. The Morgan fingerprint density at radius 3 is 2.59 bits per heavy atom. The Kier molecular flexibility index (Phi) is 6.29. The number of nitrogens with one attached hydrogen (secondary N) is 1. The van der Waals surface area contributed by atoms with Crippen LogP contribution >= 0.6 is 0 Å². The van der Waals surface area contributed by atoms with Crippen LogP contribution in [0.5, 0.6) is 5.75 Å². The number of hydrogen-bond acceptors (Lipinski definition) is 5. The van der Waals surface area contributed by atoms with Crippen molar-refractivity contribution in [2.45, 2.75) is 25.3 Å². The molecule has 0 saturated carbocycles. The molecule has 0 aliphatic rings. The lowest BCUT2D eigenvalue weighted by atomic mass is 10.0. The van der Waals surface area contributed by atoms with Crippen molar-refractivity contribution in [2.75, 3.05) is 7.11 Å². The van der Waals surface area contributed by atoms with Crippen molar-refractivity contribution in [2.24, 2.45) is 5.73 Å². The number of primary amides is 1. The van der Waals surface area contributed by atoms with Gasteiger partial charge in [0.25, 0.3) is 0 Å². The predicted molar refractivity (Wildman–Crippen MR) is 109 cm³/mol. The van der Waals surface area contributed by atoms with Crippen molar-refractivity contribution in [1.29, 1.82) is 0 Å². The van der Waals surface area contributed by atoms with E-state index in [9.17, 15) is 14.4 Å². The third kappa shape index (κ3) is 5.22. The molecule has 0 spiro atoms. The Morgan fingerprint density at radius 1 is 1.14 bits per heavy atom. The Morgan fingerprint density at radius 2 is 1.90 bits per heavy atom. The zero-order chi connectivity index (χ0) is 20.8. The lowest BCUT2D eigenvalue weighted by molar-refractivity contribution is -0.127. The molecule has 29 heavy (non-hydrogen) atoms. The molecule has 0 radical (unpaired) electrons. The number of methoxy groups -OCH3 is 1. The van der Waals surface area contributed by atoms with Gasteiger partial charge in [-0.3, -0.25) is 9.59 Å². The van der Waals surface area contributed by atoms with Crippen LogP contribution in [-0.4, -0.2) is 25.0 Å². The topological polar surface area (TPSA) is 112 Å². The lowest BCUT2D eigenvalue weighted by Crippen LogP contribution is -2.46. The van der Waals surface area contributed by atoms with E-state index in [2.05, 4.69) is 5.32 Å². The Balaban J connectivity index is 1.76. The third-order valence-corrected chi connectivity index (χ3v) is 4.62. The van der Waals surface area contributed by atoms with Gasteiger partial charge >= 0.3 is 5.63 Å². The second kappa shape index (κ2) is 9.05. The summed E-state index contributed by atoms with van der Waals surface area (Å²) >= 11 is 0. The smallest absolute Gasteiger partial charge is 0.336 e. The first-order valence-electron chi connectivity index (χ1n) is 9.19. The normalized spacial score (nSPS) is 11.8. The van der Waals surface area contributed by atoms with E-state index in [4.69, 9.17) is 14.9 Å². The first-order valence-corrected chi connectivity index (χ1v) is 9.19. The van der Waals surface area contributed by atoms with Crippen LogP contribution in [0.4, 0.5) is 0 Å². The molecule has 0 saturated heterocycles. The van der Waals surface area contributed by atoms with Crippen LogP contribution in [0.15, 0.2) is 63.8 Å². The summed E-state index contributed by atoms with van der Waals surface area (Å²) < 4.78 is 10.4. The third-order valence-electron chi connectivity index (χ3n) is 4.62. The zero-order valence-electron chi connectivity index (χ0n) is 16.0. The molecule has 2 aromatic carbocycles. The van der Waals surface area contributed by atoms with Crippen molar-refractivity contribution in [3.8, 4) is 5.75 Å². The molecule has 3 rings (SSSR count). The Bertz CT molecular complexity index is 1080. The van der Waals surface area contributed by atoms with Crippen molar-refractivity contribution in [3.63, 3.8) is 0 Å². The highest BCUT2D eigenvalue weighted by Crippen LogP contribution is 2.23. The van der Waals surface area contributed by atoms with Gasteiger partial charge in [0.15, 0.2) is 0 Å². The zero-order valence-corrected chi connectivity index (χ0v) is 16.0. The molecule has 0 bridgehead atoms.